The van der Waals surface area contributed by atoms with E-state index in [2.05, 4.69) is 0 Å². The van der Waals surface area contributed by atoms with E-state index in [1.807, 2.05) is 13.0 Å². The normalized spacial score (nSPS) is 20.6. The molecule has 2 nitrogen and oxygen atoms in total. The molecule has 1 saturated carbocycles. The molecule has 1 aliphatic carbocycles. The third kappa shape index (κ3) is 2.73. The molecule has 18 heavy (non-hydrogen) atoms. The molecule has 0 radical (unpaired) electrons. The molecule has 1 unspecified atom stereocenters. The minimum absolute atomic E-state index is 0.231. The number of benzene rings is 1. The standard InChI is InChI=1S/C15H22FNO/c1-2-18-15(9-4-3-5-10-15)14(17)12-7-6-8-13(16)11-12/h6-8,11,14H,2-5,9-10,17H2,1H3. The van der Waals surface area contributed by atoms with Crippen molar-refractivity contribution in [2.45, 2.75) is 50.7 Å². The highest BCUT2D eigenvalue weighted by Gasteiger charge is 2.39. The molecule has 1 atom stereocenters. The summed E-state index contributed by atoms with van der Waals surface area (Å²) in [5.41, 5.74) is 6.90. The second-order valence-corrected chi connectivity index (χ2v) is 5.09. The van der Waals surface area contributed by atoms with Crippen molar-refractivity contribution >= 4 is 0 Å². The Labute approximate surface area is 108 Å². The maximum atomic E-state index is 13.3. The highest BCUT2D eigenvalue weighted by atomic mass is 19.1. The Kier molecular flexibility index (Phi) is 4.36. The maximum absolute atomic E-state index is 13.3. The van der Waals surface area contributed by atoms with Crippen LogP contribution in [0.5, 0.6) is 0 Å². The Morgan fingerprint density at radius 1 is 1.33 bits per heavy atom. The fraction of sp³-hybridized carbons (Fsp3) is 0.600. The largest absolute Gasteiger partial charge is 0.373 e. The van der Waals surface area contributed by atoms with Gasteiger partial charge in [0.25, 0.3) is 0 Å². The van der Waals surface area contributed by atoms with E-state index in [0.29, 0.717) is 6.61 Å². The van der Waals surface area contributed by atoms with Gasteiger partial charge in [-0.15, -0.1) is 0 Å². The summed E-state index contributed by atoms with van der Waals surface area (Å²) in [5.74, 6) is -0.231. The van der Waals surface area contributed by atoms with E-state index >= 15 is 0 Å². The first kappa shape index (κ1) is 13.5. The average molecular weight is 251 g/mol. The van der Waals surface area contributed by atoms with Crippen LogP contribution in [0.2, 0.25) is 0 Å². The summed E-state index contributed by atoms with van der Waals surface area (Å²) in [7, 11) is 0. The molecule has 3 heteroatoms. The molecule has 2 rings (SSSR count). The Hall–Kier alpha value is -0.930. The molecule has 1 aromatic rings. The molecule has 0 amide bonds. The van der Waals surface area contributed by atoms with Gasteiger partial charge in [-0.2, -0.15) is 0 Å². The number of hydrogen-bond acceptors (Lipinski definition) is 2. The lowest BCUT2D eigenvalue weighted by Gasteiger charge is -2.41. The number of nitrogens with two attached hydrogens (primary N) is 1. The van der Waals surface area contributed by atoms with Crippen LogP contribution in [-0.2, 0) is 4.74 Å². The lowest BCUT2D eigenvalue weighted by Crippen LogP contribution is -2.45. The van der Waals surface area contributed by atoms with Crippen molar-refractivity contribution < 1.29 is 9.13 Å². The average Bonchev–Trinajstić information content (AvgIpc) is 2.39. The van der Waals surface area contributed by atoms with E-state index in [1.165, 1.54) is 18.6 Å². The van der Waals surface area contributed by atoms with Gasteiger partial charge in [0.15, 0.2) is 0 Å². The van der Waals surface area contributed by atoms with E-state index in [1.54, 1.807) is 6.07 Å². The number of ether oxygens (including phenoxy) is 1. The maximum Gasteiger partial charge on any atom is 0.123 e. The highest BCUT2D eigenvalue weighted by molar-refractivity contribution is 5.23. The summed E-state index contributed by atoms with van der Waals surface area (Å²) in [4.78, 5) is 0. The van der Waals surface area contributed by atoms with Gasteiger partial charge in [0.2, 0.25) is 0 Å². The molecular formula is C15H22FNO. The molecule has 1 aromatic carbocycles. The van der Waals surface area contributed by atoms with Crippen molar-refractivity contribution in [2.24, 2.45) is 5.73 Å². The molecule has 2 N–H and O–H groups in total. The van der Waals surface area contributed by atoms with Gasteiger partial charge in [-0.05, 0) is 37.5 Å². The quantitative estimate of drug-likeness (QED) is 0.888. The molecule has 1 aliphatic rings. The molecule has 0 aromatic heterocycles. The van der Waals surface area contributed by atoms with E-state index < -0.39 is 0 Å². The van der Waals surface area contributed by atoms with Crippen molar-refractivity contribution in [1.82, 2.24) is 0 Å². The zero-order valence-electron chi connectivity index (χ0n) is 11.0. The van der Waals surface area contributed by atoms with Gasteiger partial charge in [-0.25, -0.2) is 4.39 Å². The Balaban J connectivity index is 2.24. The third-order valence-corrected chi connectivity index (χ3v) is 3.91. The van der Waals surface area contributed by atoms with E-state index in [4.69, 9.17) is 10.5 Å². The number of rotatable bonds is 4. The minimum atomic E-state index is -0.305. The molecule has 0 saturated heterocycles. The zero-order valence-corrected chi connectivity index (χ0v) is 11.0. The van der Waals surface area contributed by atoms with E-state index in [0.717, 1.165) is 31.2 Å². The minimum Gasteiger partial charge on any atom is -0.373 e. The third-order valence-electron chi connectivity index (χ3n) is 3.91. The van der Waals surface area contributed by atoms with Gasteiger partial charge in [0, 0.05) is 6.61 Å². The number of halogens is 1. The van der Waals surface area contributed by atoms with Crippen LogP contribution in [0.25, 0.3) is 0 Å². The summed E-state index contributed by atoms with van der Waals surface area (Å²) in [6, 6.07) is 6.34. The van der Waals surface area contributed by atoms with Gasteiger partial charge < -0.3 is 10.5 Å². The summed E-state index contributed by atoms with van der Waals surface area (Å²) >= 11 is 0. The topological polar surface area (TPSA) is 35.2 Å². The first-order valence-electron chi connectivity index (χ1n) is 6.83. The summed E-state index contributed by atoms with van der Waals surface area (Å²) in [5, 5.41) is 0. The number of hydrogen-bond donors (Lipinski definition) is 1. The summed E-state index contributed by atoms with van der Waals surface area (Å²) in [6.45, 7) is 2.65. The second kappa shape index (κ2) is 5.81. The summed E-state index contributed by atoms with van der Waals surface area (Å²) in [6.07, 6.45) is 5.47. The van der Waals surface area contributed by atoms with Gasteiger partial charge in [-0.3, -0.25) is 0 Å². The van der Waals surface area contributed by atoms with Gasteiger partial charge in [-0.1, -0.05) is 31.4 Å². The SMILES string of the molecule is CCOC1(C(N)c2cccc(F)c2)CCCCC1. The van der Waals surface area contributed by atoms with Crippen molar-refractivity contribution in [1.29, 1.82) is 0 Å². The molecule has 0 aliphatic heterocycles. The van der Waals surface area contributed by atoms with Crippen LogP contribution in [0.15, 0.2) is 24.3 Å². The molecule has 100 valence electrons. The molecule has 0 heterocycles. The van der Waals surface area contributed by atoms with Crippen LogP contribution < -0.4 is 5.73 Å². The lowest BCUT2D eigenvalue weighted by atomic mass is 9.77. The fourth-order valence-electron chi connectivity index (χ4n) is 2.99. The Bertz CT molecular complexity index is 382. The van der Waals surface area contributed by atoms with Gasteiger partial charge in [0.05, 0.1) is 11.6 Å². The predicted molar refractivity (Wildman–Crippen MR) is 70.8 cm³/mol. The first-order chi connectivity index (χ1) is 8.68. The molecule has 0 bridgehead atoms. The van der Waals surface area contributed by atoms with Gasteiger partial charge in [0.1, 0.15) is 5.82 Å². The van der Waals surface area contributed by atoms with Crippen LogP contribution in [0, 0.1) is 5.82 Å². The van der Waals surface area contributed by atoms with Crippen LogP contribution in [-0.4, -0.2) is 12.2 Å². The van der Waals surface area contributed by atoms with Crippen LogP contribution in [0.3, 0.4) is 0 Å². The van der Waals surface area contributed by atoms with Crippen LogP contribution >= 0.6 is 0 Å². The van der Waals surface area contributed by atoms with Crippen molar-refractivity contribution in [3.63, 3.8) is 0 Å². The van der Waals surface area contributed by atoms with E-state index in [-0.39, 0.29) is 17.5 Å². The van der Waals surface area contributed by atoms with Crippen molar-refractivity contribution in [3.8, 4) is 0 Å². The zero-order chi connectivity index (χ0) is 13.0. The van der Waals surface area contributed by atoms with Crippen LogP contribution in [0.4, 0.5) is 4.39 Å². The molecule has 0 spiro atoms. The monoisotopic (exact) mass is 251 g/mol. The Morgan fingerprint density at radius 3 is 2.67 bits per heavy atom. The van der Waals surface area contributed by atoms with Gasteiger partial charge >= 0.3 is 0 Å². The fourth-order valence-corrected chi connectivity index (χ4v) is 2.99. The molecule has 1 fully saturated rings. The second-order valence-electron chi connectivity index (χ2n) is 5.09. The lowest BCUT2D eigenvalue weighted by molar-refractivity contribution is -0.0831. The smallest absolute Gasteiger partial charge is 0.123 e. The van der Waals surface area contributed by atoms with Crippen molar-refractivity contribution in [3.05, 3.63) is 35.6 Å². The summed E-state index contributed by atoms with van der Waals surface area (Å²) < 4.78 is 19.3. The van der Waals surface area contributed by atoms with E-state index in [9.17, 15) is 4.39 Å². The van der Waals surface area contributed by atoms with Crippen LogP contribution in [0.1, 0.15) is 50.6 Å². The predicted octanol–water partition coefficient (Wildman–Crippen LogP) is 3.56. The van der Waals surface area contributed by atoms with Crippen molar-refractivity contribution in [2.75, 3.05) is 6.61 Å². The molecular weight excluding hydrogens is 229 g/mol. The first-order valence-corrected chi connectivity index (χ1v) is 6.83. The Morgan fingerprint density at radius 2 is 2.06 bits per heavy atom. The highest BCUT2D eigenvalue weighted by Crippen LogP contribution is 2.40.